The molecule has 1 N–H and O–H groups in total. The van der Waals surface area contributed by atoms with Crippen molar-refractivity contribution in [1.29, 1.82) is 0 Å². The molecule has 1 aromatic heterocycles. The van der Waals surface area contributed by atoms with Crippen molar-refractivity contribution in [2.75, 3.05) is 39.2 Å². The van der Waals surface area contributed by atoms with Gasteiger partial charge >= 0.3 is 5.97 Å². The molecule has 2 aromatic carbocycles. The van der Waals surface area contributed by atoms with E-state index in [1.54, 1.807) is 45.4 Å². The van der Waals surface area contributed by atoms with Crippen LogP contribution in [0.4, 0.5) is 5.69 Å². The molecule has 196 valence electrons. The number of esters is 1. The lowest BCUT2D eigenvalue weighted by molar-refractivity contribution is -0.121. The van der Waals surface area contributed by atoms with E-state index in [0.717, 1.165) is 24.9 Å². The second-order valence-electron chi connectivity index (χ2n) is 8.56. The molecule has 0 bridgehead atoms. The van der Waals surface area contributed by atoms with E-state index in [1.807, 2.05) is 6.07 Å². The van der Waals surface area contributed by atoms with Crippen molar-refractivity contribution in [2.24, 2.45) is 5.92 Å². The van der Waals surface area contributed by atoms with Crippen molar-refractivity contribution >= 4 is 29.2 Å². The zero-order valence-electron chi connectivity index (χ0n) is 21.0. The van der Waals surface area contributed by atoms with Crippen molar-refractivity contribution in [3.63, 3.8) is 0 Å². The number of benzene rings is 2. The molecule has 0 saturated carbocycles. The Labute approximate surface area is 219 Å². The number of nitrogens with one attached hydrogen (secondary N) is 1. The lowest BCUT2D eigenvalue weighted by Gasteiger charge is -2.30. The lowest BCUT2D eigenvalue weighted by Crippen LogP contribution is -2.40. The number of ether oxygens (including phenoxy) is 3. The van der Waals surface area contributed by atoms with Crippen LogP contribution in [0, 0.1) is 5.92 Å². The number of methoxy groups -OCH3 is 2. The molecule has 1 amide bonds. The molecule has 37 heavy (non-hydrogen) atoms. The fourth-order valence-corrected chi connectivity index (χ4v) is 4.44. The Bertz CT molecular complexity index is 1260. The summed E-state index contributed by atoms with van der Waals surface area (Å²) >= 11 is 6.31. The summed E-state index contributed by atoms with van der Waals surface area (Å²) in [7, 11) is 3.14. The SMILES string of the molecule is CCOC(=O)c1ccc(NC(=O)C2CCCN(Cc3nc(-c4ccc(OC)c(OC)c4)no3)C2)c(Cl)c1. The van der Waals surface area contributed by atoms with E-state index < -0.39 is 5.97 Å². The van der Waals surface area contributed by atoms with Crippen LogP contribution >= 0.6 is 11.6 Å². The Morgan fingerprint density at radius 1 is 1.16 bits per heavy atom. The lowest BCUT2D eigenvalue weighted by atomic mass is 9.97. The van der Waals surface area contributed by atoms with Gasteiger partial charge in [0.25, 0.3) is 0 Å². The normalized spacial score (nSPS) is 15.7. The predicted molar refractivity (Wildman–Crippen MR) is 137 cm³/mol. The van der Waals surface area contributed by atoms with Gasteiger partial charge in [-0.15, -0.1) is 0 Å². The zero-order chi connectivity index (χ0) is 26.4. The number of halogens is 1. The maximum Gasteiger partial charge on any atom is 0.338 e. The molecule has 11 heteroatoms. The smallest absolute Gasteiger partial charge is 0.338 e. The minimum Gasteiger partial charge on any atom is -0.493 e. The number of hydrogen-bond donors (Lipinski definition) is 1. The van der Waals surface area contributed by atoms with E-state index in [0.29, 0.717) is 47.6 Å². The molecule has 10 nitrogen and oxygen atoms in total. The summed E-state index contributed by atoms with van der Waals surface area (Å²) in [5.74, 6) is 1.28. The van der Waals surface area contributed by atoms with E-state index >= 15 is 0 Å². The first-order valence-corrected chi connectivity index (χ1v) is 12.3. The monoisotopic (exact) mass is 528 g/mol. The molecule has 4 rings (SSSR count). The Hall–Kier alpha value is -3.63. The Kier molecular flexibility index (Phi) is 8.62. The molecule has 0 radical (unpaired) electrons. The molecular weight excluding hydrogens is 500 g/mol. The highest BCUT2D eigenvalue weighted by molar-refractivity contribution is 6.34. The fraction of sp³-hybridized carbons (Fsp3) is 0.385. The van der Waals surface area contributed by atoms with Gasteiger partial charge in [0.2, 0.25) is 17.6 Å². The van der Waals surface area contributed by atoms with Crippen LogP contribution in [0.5, 0.6) is 11.5 Å². The average Bonchev–Trinajstić information content (AvgIpc) is 3.38. The standard InChI is InChI=1S/C26H29ClN4O6/c1-4-36-26(33)17-7-9-20(19(27)12-17)28-25(32)18-6-5-11-31(14-18)15-23-29-24(30-37-23)16-8-10-21(34-2)22(13-16)35-3/h7-10,12-13,18H,4-6,11,14-15H2,1-3H3,(H,28,32). The van der Waals surface area contributed by atoms with Crippen LogP contribution in [0.15, 0.2) is 40.9 Å². The van der Waals surface area contributed by atoms with Crippen LogP contribution in [-0.2, 0) is 16.1 Å². The van der Waals surface area contributed by atoms with E-state index in [1.165, 1.54) is 6.07 Å². The summed E-state index contributed by atoms with van der Waals surface area (Å²) < 4.78 is 21.1. The summed E-state index contributed by atoms with van der Waals surface area (Å²) in [5.41, 5.74) is 1.53. The van der Waals surface area contributed by atoms with Gasteiger partial charge in [0.1, 0.15) is 0 Å². The number of aromatic nitrogens is 2. The van der Waals surface area contributed by atoms with E-state index in [-0.39, 0.29) is 23.5 Å². The maximum atomic E-state index is 13.0. The van der Waals surface area contributed by atoms with Gasteiger partial charge in [0, 0.05) is 12.1 Å². The second kappa shape index (κ2) is 12.1. The van der Waals surface area contributed by atoms with Gasteiger partial charge in [-0.1, -0.05) is 16.8 Å². The Morgan fingerprint density at radius 3 is 2.70 bits per heavy atom. The number of piperidine rings is 1. The Morgan fingerprint density at radius 2 is 1.97 bits per heavy atom. The molecule has 1 unspecified atom stereocenters. The second-order valence-corrected chi connectivity index (χ2v) is 8.97. The van der Waals surface area contributed by atoms with Crippen molar-refractivity contribution in [3.05, 3.63) is 52.9 Å². The molecule has 0 aliphatic carbocycles. The number of likely N-dealkylation sites (tertiary alicyclic amines) is 1. The fourth-order valence-electron chi connectivity index (χ4n) is 4.21. The van der Waals surface area contributed by atoms with Crippen LogP contribution in [0.25, 0.3) is 11.4 Å². The topological polar surface area (TPSA) is 116 Å². The van der Waals surface area contributed by atoms with Gasteiger partial charge in [-0.25, -0.2) is 4.79 Å². The molecule has 1 aliphatic heterocycles. The minimum absolute atomic E-state index is 0.132. The summed E-state index contributed by atoms with van der Waals surface area (Å²) in [6.45, 7) is 3.79. The van der Waals surface area contributed by atoms with Gasteiger partial charge in [-0.05, 0) is 62.7 Å². The van der Waals surface area contributed by atoms with Crippen LogP contribution in [0.3, 0.4) is 0 Å². The zero-order valence-corrected chi connectivity index (χ0v) is 21.7. The molecular formula is C26H29ClN4O6. The highest BCUT2D eigenvalue weighted by Gasteiger charge is 2.27. The summed E-state index contributed by atoms with van der Waals surface area (Å²) in [6, 6.07) is 10.1. The number of carbonyl (C=O) groups is 2. The summed E-state index contributed by atoms with van der Waals surface area (Å²) in [4.78, 5) is 31.5. The number of carbonyl (C=O) groups excluding carboxylic acids is 2. The number of anilines is 1. The van der Waals surface area contributed by atoms with Crippen molar-refractivity contribution in [1.82, 2.24) is 15.0 Å². The average molecular weight is 529 g/mol. The van der Waals surface area contributed by atoms with Crippen LogP contribution in [-0.4, -0.2) is 60.8 Å². The quantitative estimate of drug-likeness (QED) is 0.402. The third-order valence-corrected chi connectivity index (χ3v) is 6.40. The van der Waals surface area contributed by atoms with Gasteiger partial charge in [0.05, 0.1) is 49.6 Å². The van der Waals surface area contributed by atoms with Crippen LogP contribution in [0.1, 0.15) is 36.0 Å². The molecule has 1 atom stereocenters. The largest absolute Gasteiger partial charge is 0.493 e. The first-order valence-electron chi connectivity index (χ1n) is 12.0. The Balaban J connectivity index is 1.37. The van der Waals surface area contributed by atoms with Crippen molar-refractivity contribution in [2.45, 2.75) is 26.3 Å². The van der Waals surface area contributed by atoms with Crippen molar-refractivity contribution in [3.8, 4) is 22.9 Å². The van der Waals surface area contributed by atoms with Gasteiger partial charge in [-0.3, -0.25) is 9.69 Å². The minimum atomic E-state index is -0.458. The summed E-state index contributed by atoms with van der Waals surface area (Å²) in [5, 5.41) is 7.26. The molecule has 1 fully saturated rings. The molecule has 1 saturated heterocycles. The van der Waals surface area contributed by atoms with Gasteiger partial charge in [0.15, 0.2) is 11.5 Å². The number of hydrogen-bond acceptors (Lipinski definition) is 9. The first-order chi connectivity index (χ1) is 17.9. The number of amides is 1. The van der Waals surface area contributed by atoms with E-state index in [9.17, 15) is 9.59 Å². The molecule has 3 aromatic rings. The third kappa shape index (κ3) is 6.39. The molecule has 2 heterocycles. The number of rotatable bonds is 9. The first kappa shape index (κ1) is 26.4. The van der Waals surface area contributed by atoms with Gasteiger partial charge < -0.3 is 24.1 Å². The number of nitrogens with zero attached hydrogens (tertiary/aromatic N) is 3. The maximum absolute atomic E-state index is 13.0. The van der Waals surface area contributed by atoms with E-state index in [2.05, 4.69) is 20.4 Å². The highest BCUT2D eigenvalue weighted by Crippen LogP contribution is 2.31. The third-order valence-electron chi connectivity index (χ3n) is 6.08. The van der Waals surface area contributed by atoms with Crippen molar-refractivity contribution < 1.29 is 28.3 Å². The van der Waals surface area contributed by atoms with Crippen LogP contribution < -0.4 is 14.8 Å². The van der Waals surface area contributed by atoms with Crippen LogP contribution in [0.2, 0.25) is 5.02 Å². The predicted octanol–water partition coefficient (Wildman–Crippen LogP) is 4.43. The van der Waals surface area contributed by atoms with Gasteiger partial charge in [-0.2, -0.15) is 4.98 Å². The summed E-state index contributed by atoms with van der Waals surface area (Å²) in [6.07, 6.45) is 1.60. The molecule has 0 spiro atoms. The van der Waals surface area contributed by atoms with E-state index in [4.69, 9.17) is 30.3 Å². The highest BCUT2D eigenvalue weighted by atomic mass is 35.5. The molecule has 1 aliphatic rings.